The minimum absolute atomic E-state index is 0.110. The summed E-state index contributed by atoms with van der Waals surface area (Å²) >= 11 is 0. The van der Waals surface area contributed by atoms with Gasteiger partial charge in [0.2, 0.25) is 0 Å². The van der Waals surface area contributed by atoms with E-state index in [1.54, 1.807) is 0 Å². The fourth-order valence-corrected chi connectivity index (χ4v) is 2.69. The van der Waals surface area contributed by atoms with Crippen LogP contribution < -0.4 is 5.73 Å². The van der Waals surface area contributed by atoms with Crippen molar-refractivity contribution in [2.75, 3.05) is 6.54 Å². The van der Waals surface area contributed by atoms with Crippen molar-refractivity contribution in [2.24, 2.45) is 16.6 Å². The molecule has 0 saturated heterocycles. The second kappa shape index (κ2) is 3.49. The Bertz CT molecular complexity index is 208. The summed E-state index contributed by atoms with van der Waals surface area (Å²) in [6.07, 6.45) is 3.86. The standard InChI is InChI=1S/C12H25NO/c1-5-11(4,9-13)12(14)7-6-10(2,3)8-12/h14H,5-9,13H2,1-4H3. The molecule has 1 aliphatic rings. The van der Waals surface area contributed by atoms with E-state index in [1.165, 1.54) is 0 Å². The van der Waals surface area contributed by atoms with Gasteiger partial charge in [0.25, 0.3) is 0 Å². The fourth-order valence-electron chi connectivity index (χ4n) is 2.69. The Morgan fingerprint density at radius 1 is 1.36 bits per heavy atom. The Kier molecular flexibility index (Phi) is 2.99. The molecule has 0 aliphatic heterocycles. The topological polar surface area (TPSA) is 46.2 Å². The quantitative estimate of drug-likeness (QED) is 0.732. The van der Waals surface area contributed by atoms with Gasteiger partial charge in [0.05, 0.1) is 5.60 Å². The van der Waals surface area contributed by atoms with Crippen LogP contribution >= 0.6 is 0 Å². The normalized spacial score (nSPS) is 35.6. The first kappa shape index (κ1) is 12.0. The zero-order valence-corrected chi connectivity index (χ0v) is 10.1. The first-order valence-electron chi connectivity index (χ1n) is 5.71. The van der Waals surface area contributed by atoms with Crippen LogP contribution in [0.25, 0.3) is 0 Å². The molecule has 14 heavy (non-hydrogen) atoms. The van der Waals surface area contributed by atoms with Gasteiger partial charge < -0.3 is 10.8 Å². The van der Waals surface area contributed by atoms with Crippen LogP contribution in [-0.4, -0.2) is 17.3 Å². The highest BCUT2D eigenvalue weighted by atomic mass is 16.3. The van der Waals surface area contributed by atoms with Crippen LogP contribution in [0.5, 0.6) is 0 Å². The third-order valence-corrected chi connectivity index (χ3v) is 4.34. The highest BCUT2D eigenvalue weighted by Crippen LogP contribution is 2.52. The average molecular weight is 199 g/mol. The maximum atomic E-state index is 10.7. The molecule has 1 rings (SSSR count). The molecule has 84 valence electrons. The molecule has 0 aromatic carbocycles. The summed E-state index contributed by atoms with van der Waals surface area (Å²) in [5, 5.41) is 10.7. The molecule has 0 heterocycles. The number of nitrogens with two attached hydrogens (primary N) is 1. The maximum Gasteiger partial charge on any atom is 0.0718 e. The van der Waals surface area contributed by atoms with E-state index in [-0.39, 0.29) is 10.8 Å². The van der Waals surface area contributed by atoms with Crippen molar-refractivity contribution in [2.45, 2.75) is 59.0 Å². The van der Waals surface area contributed by atoms with Crippen LogP contribution in [0.4, 0.5) is 0 Å². The molecule has 1 saturated carbocycles. The van der Waals surface area contributed by atoms with Gasteiger partial charge in [-0.1, -0.05) is 27.7 Å². The summed E-state index contributed by atoms with van der Waals surface area (Å²) in [7, 11) is 0. The van der Waals surface area contributed by atoms with Gasteiger partial charge in [-0.25, -0.2) is 0 Å². The largest absolute Gasteiger partial charge is 0.389 e. The molecule has 3 N–H and O–H groups in total. The van der Waals surface area contributed by atoms with E-state index < -0.39 is 5.60 Å². The van der Waals surface area contributed by atoms with Gasteiger partial charge in [-0.15, -0.1) is 0 Å². The smallest absolute Gasteiger partial charge is 0.0718 e. The minimum Gasteiger partial charge on any atom is -0.389 e. The Morgan fingerprint density at radius 2 is 1.93 bits per heavy atom. The van der Waals surface area contributed by atoms with Crippen LogP contribution in [0.1, 0.15) is 53.4 Å². The minimum atomic E-state index is -0.542. The molecular formula is C12H25NO. The Hall–Kier alpha value is -0.0800. The van der Waals surface area contributed by atoms with E-state index in [0.717, 1.165) is 25.7 Å². The maximum absolute atomic E-state index is 10.7. The van der Waals surface area contributed by atoms with Gasteiger partial charge in [0.15, 0.2) is 0 Å². The SMILES string of the molecule is CCC(C)(CN)C1(O)CCC(C)(C)C1. The summed E-state index contributed by atoms with van der Waals surface area (Å²) in [5.41, 5.74) is 5.44. The van der Waals surface area contributed by atoms with E-state index in [1.807, 2.05) is 0 Å². The van der Waals surface area contributed by atoms with Gasteiger partial charge >= 0.3 is 0 Å². The monoisotopic (exact) mass is 199 g/mol. The van der Waals surface area contributed by atoms with Crippen molar-refractivity contribution in [3.05, 3.63) is 0 Å². The van der Waals surface area contributed by atoms with E-state index >= 15 is 0 Å². The van der Waals surface area contributed by atoms with Crippen molar-refractivity contribution < 1.29 is 5.11 Å². The lowest BCUT2D eigenvalue weighted by atomic mass is 9.69. The summed E-state index contributed by atoms with van der Waals surface area (Å²) in [6, 6.07) is 0. The molecule has 2 heteroatoms. The van der Waals surface area contributed by atoms with Crippen molar-refractivity contribution in [3.63, 3.8) is 0 Å². The van der Waals surface area contributed by atoms with Gasteiger partial charge in [-0.3, -0.25) is 0 Å². The van der Waals surface area contributed by atoms with Gasteiger partial charge in [0.1, 0.15) is 0 Å². The van der Waals surface area contributed by atoms with Crippen LogP contribution in [-0.2, 0) is 0 Å². The number of hydrogen-bond acceptors (Lipinski definition) is 2. The van der Waals surface area contributed by atoms with Crippen molar-refractivity contribution >= 4 is 0 Å². The zero-order chi connectivity index (χ0) is 11.0. The van der Waals surface area contributed by atoms with Gasteiger partial charge in [0, 0.05) is 12.0 Å². The summed E-state index contributed by atoms with van der Waals surface area (Å²) < 4.78 is 0. The molecule has 0 bridgehead atoms. The predicted octanol–water partition coefficient (Wildman–Crippen LogP) is 2.30. The molecule has 1 aliphatic carbocycles. The first-order valence-corrected chi connectivity index (χ1v) is 5.71. The second-order valence-corrected chi connectivity index (χ2v) is 5.99. The fraction of sp³-hybridized carbons (Fsp3) is 1.00. The van der Waals surface area contributed by atoms with Crippen molar-refractivity contribution in [3.8, 4) is 0 Å². The number of rotatable bonds is 3. The zero-order valence-electron chi connectivity index (χ0n) is 10.1. The third-order valence-electron chi connectivity index (χ3n) is 4.34. The van der Waals surface area contributed by atoms with Crippen LogP contribution in [0.3, 0.4) is 0 Å². The molecule has 0 amide bonds. The lowest BCUT2D eigenvalue weighted by Gasteiger charge is -2.42. The second-order valence-electron chi connectivity index (χ2n) is 5.99. The lowest BCUT2D eigenvalue weighted by molar-refractivity contribution is -0.0745. The van der Waals surface area contributed by atoms with E-state index in [4.69, 9.17) is 5.73 Å². The Morgan fingerprint density at radius 3 is 2.21 bits per heavy atom. The van der Waals surface area contributed by atoms with E-state index in [9.17, 15) is 5.11 Å². The Balaban J connectivity index is 2.86. The molecule has 0 aromatic rings. The van der Waals surface area contributed by atoms with E-state index in [0.29, 0.717) is 6.54 Å². The van der Waals surface area contributed by atoms with Gasteiger partial charge in [-0.05, 0) is 31.1 Å². The van der Waals surface area contributed by atoms with Gasteiger partial charge in [-0.2, -0.15) is 0 Å². The van der Waals surface area contributed by atoms with Crippen LogP contribution in [0.2, 0.25) is 0 Å². The van der Waals surface area contributed by atoms with Crippen molar-refractivity contribution in [1.29, 1.82) is 0 Å². The highest BCUT2D eigenvalue weighted by molar-refractivity contribution is 5.03. The Labute approximate surface area is 87.9 Å². The van der Waals surface area contributed by atoms with Crippen LogP contribution in [0.15, 0.2) is 0 Å². The third kappa shape index (κ3) is 1.82. The number of aliphatic hydroxyl groups is 1. The molecule has 0 radical (unpaired) electrons. The lowest BCUT2D eigenvalue weighted by Crippen LogP contribution is -2.49. The first-order chi connectivity index (χ1) is 6.29. The predicted molar refractivity (Wildman–Crippen MR) is 60.0 cm³/mol. The summed E-state index contributed by atoms with van der Waals surface area (Å²) in [5.74, 6) is 0. The molecule has 1 fully saturated rings. The highest BCUT2D eigenvalue weighted by Gasteiger charge is 2.51. The van der Waals surface area contributed by atoms with Crippen LogP contribution in [0, 0.1) is 10.8 Å². The van der Waals surface area contributed by atoms with Crippen molar-refractivity contribution in [1.82, 2.24) is 0 Å². The number of hydrogen-bond donors (Lipinski definition) is 2. The average Bonchev–Trinajstić information content (AvgIpc) is 2.40. The molecule has 2 atom stereocenters. The molecule has 0 spiro atoms. The molecule has 0 aromatic heterocycles. The molecule has 2 unspecified atom stereocenters. The molecule has 2 nitrogen and oxygen atoms in total. The molecular weight excluding hydrogens is 174 g/mol. The summed E-state index contributed by atoms with van der Waals surface area (Å²) in [6.45, 7) is 9.29. The summed E-state index contributed by atoms with van der Waals surface area (Å²) in [4.78, 5) is 0. The van der Waals surface area contributed by atoms with E-state index in [2.05, 4.69) is 27.7 Å².